The highest BCUT2D eigenvalue weighted by atomic mass is 16.3. The van der Waals surface area contributed by atoms with Crippen LogP contribution in [0, 0.1) is 0 Å². The fourth-order valence-corrected chi connectivity index (χ4v) is 2.25. The minimum absolute atomic E-state index is 0.391. The number of nitrogen functional groups attached to an aromatic ring is 1. The Morgan fingerprint density at radius 3 is 2.68 bits per heavy atom. The number of nitrogens with two attached hydrogens (primary N) is 1. The molecule has 1 unspecified atom stereocenters. The minimum Gasteiger partial charge on any atom is -0.398 e. The number of rotatable bonds is 3. The third-order valence-corrected chi connectivity index (χ3v) is 3.25. The van der Waals surface area contributed by atoms with Crippen molar-refractivity contribution in [2.45, 2.75) is 12.6 Å². The second-order valence-electron chi connectivity index (χ2n) is 4.53. The van der Waals surface area contributed by atoms with Crippen LogP contribution in [0.4, 0.5) is 5.69 Å². The smallest absolute Gasteiger partial charge is 0.101 e. The van der Waals surface area contributed by atoms with E-state index in [9.17, 15) is 5.11 Å². The summed E-state index contributed by atoms with van der Waals surface area (Å²) in [6.07, 6.45) is 1.14. The van der Waals surface area contributed by atoms with Crippen LogP contribution in [0.1, 0.15) is 11.7 Å². The zero-order valence-corrected chi connectivity index (χ0v) is 10.4. The molecule has 3 N–H and O–H groups in total. The van der Waals surface area contributed by atoms with E-state index in [2.05, 4.69) is 5.10 Å². The molecule has 1 aromatic heterocycles. The van der Waals surface area contributed by atoms with E-state index >= 15 is 0 Å². The number of hydrogen-bond acceptors (Lipinski definition) is 3. The summed E-state index contributed by atoms with van der Waals surface area (Å²) in [5.74, 6) is 0. The van der Waals surface area contributed by atoms with Gasteiger partial charge in [-0.3, -0.25) is 4.68 Å². The van der Waals surface area contributed by atoms with Gasteiger partial charge in [-0.15, -0.1) is 0 Å². The predicted molar refractivity (Wildman–Crippen MR) is 75.5 cm³/mol. The summed E-state index contributed by atoms with van der Waals surface area (Å²) < 4.78 is 1.80. The van der Waals surface area contributed by atoms with Crippen molar-refractivity contribution in [3.63, 3.8) is 0 Å². The predicted octanol–water partition coefficient (Wildman–Crippen LogP) is 2.35. The van der Waals surface area contributed by atoms with Gasteiger partial charge in [-0.1, -0.05) is 36.4 Å². The third-order valence-electron chi connectivity index (χ3n) is 3.25. The van der Waals surface area contributed by atoms with E-state index in [1.54, 1.807) is 16.9 Å². The molecule has 4 nitrogen and oxygen atoms in total. The van der Waals surface area contributed by atoms with Crippen LogP contribution in [0.25, 0.3) is 10.9 Å². The first-order valence-electron chi connectivity index (χ1n) is 6.19. The van der Waals surface area contributed by atoms with E-state index in [-0.39, 0.29) is 0 Å². The minimum atomic E-state index is -0.662. The van der Waals surface area contributed by atoms with Gasteiger partial charge in [0, 0.05) is 16.6 Å². The Balaban J connectivity index is 1.91. The van der Waals surface area contributed by atoms with Gasteiger partial charge in [0.2, 0.25) is 0 Å². The van der Waals surface area contributed by atoms with Crippen molar-refractivity contribution in [3.05, 3.63) is 60.3 Å². The molecule has 0 saturated carbocycles. The van der Waals surface area contributed by atoms with Crippen LogP contribution in [-0.2, 0) is 6.54 Å². The molecule has 2 aromatic carbocycles. The Hall–Kier alpha value is -2.33. The van der Waals surface area contributed by atoms with Crippen LogP contribution in [-0.4, -0.2) is 14.9 Å². The van der Waals surface area contributed by atoms with Crippen LogP contribution in [0.2, 0.25) is 0 Å². The average molecular weight is 253 g/mol. The maximum atomic E-state index is 10.3. The molecule has 0 saturated heterocycles. The lowest BCUT2D eigenvalue weighted by Gasteiger charge is -2.14. The molecule has 0 amide bonds. The standard InChI is InChI=1S/C15H15N3O/c16-13-7-3-2-6-12(13)15(19)10-18-14-8-4-1-5-11(14)9-17-18/h1-9,15,19H,10,16H2. The van der Waals surface area contributed by atoms with Gasteiger partial charge in [-0.2, -0.15) is 5.10 Å². The fourth-order valence-electron chi connectivity index (χ4n) is 2.25. The number of nitrogens with zero attached hydrogens (tertiary/aromatic N) is 2. The van der Waals surface area contributed by atoms with Gasteiger partial charge in [0.1, 0.15) is 6.10 Å². The van der Waals surface area contributed by atoms with E-state index in [4.69, 9.17) is 5.73 Å². The number of aliphatic hydroxyl groups is 1. The van der Waals surface area contributed by atoms with Crippen molar-refractivity contribution in [2.75, 3.05) is 5.73 Å². The lowest BCUT2D eigenvalue weighted by atomic mass is 10.1. The van der Waals surface area contributed by atoms with Crippen molar-refractivity contribution >= 4 is 16.6 Å². The summed E-state index contributed by atoms with van der Waals surface area (Å²) in [4.78, 5) is 0. The van der Waals surface area contributed by atoms with Crippen molar-refractivity contribution in [1.29, 1.82) is 0 Å². The Morgan fingerprint density at radius 1 is 1.11 bits per heavy atom. The first kappa shape index (κ1) is 11.7. The Kier molecular flexibility index (Phi) is 2.93. The SMILES string of the molecule is Nc1ccccc1C(O)Cn1ncc2ccccc21. The maximum Gasteiger partial charge on any atom is 0.101 e. The van der Waals surface area contributed by atoms with Gasteiger partial charge in [0.25, 0.3) is 0 Å². The first-order chi connectivity index (χ1) is 9.25. The van der Waals surface area contributed by atoms with E-state index in [0.717, 1.165) is 16.5 Å². The fraction of sp³-hybridized carbons (Fsp3) is 0.133. The Labute approximate surface area is 111 Å². The van der Waals surface area contributed by atoms with Gasteiger partial charge in [-0.25, -0.2) is 0 Å². The van der Waals surface area contributed by atoms with Crippen LogP contribution in [0.15, 0.2) is 54.7 Å². The molecular formula is C15H15N3O. The third kappa shape index (κ3) is 2.18. The van der Waals surface area contributed by atoms with E-state index in [1.807, 2.05) is 42.5 Å². The van der Waals surface area contributed by atoms with Gasteiger partial charge in [0.05, 0.1) is 18.3 Å². The highest BCUT2D eigenvalue weighted by Gasteiger charge is 2.13. The molecule has 0 aliphatic rings. The van der Waals surface area contributed by atoms with Crippen molar-refractivity contribution in [1.82, 2.24) is 9.78 Å². The summed E-state index contributed by atoms with van der Waals surface area (Å²) in [6.45, 7) is 0.391. The normalized spacial score (nSPS) is 12.7. The molecule has 0 radical (unpaired) electrons. The molecular weight excluding hydrogens is 238 g/mol. The lowest BCUT2D eigenvalue weighted by molar-refractivity contribution is 0.154. The molecule has 96 valence electrons. The molecule has 0 aliphatic heterocycles. The summed E-state index contributed by atoms with van der Waals surface area (Å²) >= 11 is 0. The largest absolute Gasteiger partial charge is 0.398 e. The van der Waals surface area contributed by atoms with Crippen LogP contribution < -0.4 is 5.73 Å². The topological polar surface area (TPSA) is 64.1 Å². The second-order valence-corrected chi connectivity index (χ2v) is 4.53. The highest BCUT2D eigenvalue weighted by molar-refractivity contribution is 5.78. The summed E-state index contributed by atoms with van der Waals surface area (Å²) in [6, 6.07) is 15.3. The molecule has 0 bridgehead atoms. The molecule has 4 heteroatoms. The Bertz CT molecular complexity index is 705. The number of para-hydroxylation sites is 2. The first-order valence-corrected chi connectivity index (χ1v) is 6.19. The van der Waals surface area contributed by atoms with E-state index < -0.39 is 6.10 Å². The summed E-state index contributed by atoms with van der Waals surface area (Å²) in [5.41, 5.74) is 8.22. The quantitative estimate of drug-likeness (QED) is 0.704. The molecule has 0 spiro atoms. The number of fused-ring (bicyclic) bond motifs is 1. The van der Waals surface area contributed by atoms with Crippen LogP contribution in [0.3, 0.4) is 0 Å². The average Bonchev–Trinajstić information content (AvgIpc) is 2.83. The highest BCUT2D eigenvalue weighted by Crippen LogP contribution is 2.23. The Morgan fingerprint density at radius 2 is 1.84 bits per heavy atom. The zero-order chi connectivity index (χ0) is 13.2. The number of aliphatic hydroxyl groups excluding tert-OH is 1. The molecule has 1 atom stereocenters. The number of benzene rings is 2. The molecule has 3 rings (SSSR count). The molecule has 1 heterocycles. The molecule has 3 aromatic rings. The van der Waals surface area contributed by atoms with Crippen molar-refractivity contribution in [2.24, 2.45) is 0 Å². The van der Waals surface area contributed by atoms with Crippen molar-refractivity contribution < 1.29 is 5.11 Å². The molecule has 0 fully saturated rings. The van der Waals surface area contributed by atoms with Gasteiger partial charge in [0.15, 0.2) is 0 Å². The maximum absolute atomic E-state index is 10.3. The van der Waals surface area contributed by atoms with Crippen LogP contribution in [0.5, 0.6) is 0 Å². The second kappa shape index (κ2) is 4.74. The summed E-state index contributed by atoms with van der Waals surface area (Å²) in [7, 11) is 0. The van der Waals surface area contributed by atoms with E-state index in [0.29, 0.717) is 12.2 Å². The molecule has 0 aliphatic carbocycles. The molecule has 19 heavy (non-hydrogen) atoms. The van der Waals surface area contributed by atoms with Crippen molar-refractivity contribution in [3.8, 4) is 0 Å². The number of anilines is 1. The zero-order valence-electron chi connectivity index (χ0n) is 10.4. The van der Waals surface area contributed by atoms with E-state index in [1.165, 1.54) is 0 Å². The van der Waals surface area contributed by atoms with Gasteiger partial charge in [-0.05, 0) is 12.1 Å². The van der Waals surface area contributed by atoms with Crippen LogP contribution >= 0.6 is 0 Å². The summed E-state index contributed by atoms with van der Waals surface area (Å²) in [5, 5.41) is 15.7. The van der Waals surface area contributed by atoms with Gasteiger partial charge < -0.3 is 10.8 Å². The monoisotopic (exact) mass is 253 g/mol. The number of aromatic nitrogens is 2. The number of hydrogen-bond donors (Lipinski definition) is 2. The van der Waals surface area contributed by atoms with Gasteiger partial charge >= 0.3 is 0 Å². The lowest BCUT2D eigenvalue weighted by Crippen LogP contribution is -2.11.